The van der Waals surface area contributed by atoms with Crippen LogP contribution in [0.25, 0.3) is 0 Å². The van der Waals surface area contributed by atoms with Crippen LogP contribution < -0.4 is 5.73 Å². The molecule has 0 unspecified atom stereocenters. The molecule has 2 aromatic rings. The number of thioether (sulfide) groups is 1. The fraction of sp³-hybridized carbons (Fsp3) is 0.273. The van der Waals surface area contributed by atoms with Crippen LogP contribution in [0.1, 0.15) is 11.4 Å². The lowest BCUT2D eigenvalue weighted by Gasteiger charge is -2.02. The minimum absolute atomic E-state index is 0.0960. The monoisotopic (exact) mass is 279 g/mol. The third kappa shape index (κ3) is 3.09. The summed E-state index contributed by atoms with van der Waals surface area (Å²) >= 11 is 1.47. The molecule has 8 heteroatoms. The van der Waals surface area contributed by atoms with E-state index in [1.165, 1.54) is 17.8 Å². The summed E-state index contributed by atoms with van der Waals surface area (Å²) in [5.74, 6) is 1.31. The van der Waals surface area contributed by atoms with Gasteiger partial charge in [-0.3, -0.25) is 10.1 Å². The predicted molar refractivity (Wildman–Crippen MR) is 71.6 cm³/mol. The molecule has 0 aliphatic heterocycles. The maximum Gasteiger partial charge on any atom is 0.269 e. The van der Waals surface area contributed by atoms with Gasteiger partial charge in [-0.15, -0.1) is 10.2 Å². The van der Waals surface area contributed by atoms with E-state index in [-0.39, 0.29) is 5.69 Å². The van der Waals surface area contributed by atoms with Gasteiger partial charge in [0.1, 0.15) is 5.82 Å². The van der Waals surface area contributed by atoms with Crippen LogP contribution in [0, 0.1) is 10.1 Å². The molecule has 2 N–H and O–H groups in total. The van der Waals surface area contributed by atoms with Gasteiger partial charge >= 0.3 is 0 Å². The molecule has 0 bridgehead atoms. The van der Waals surface area contributed by atoms with Gasteiger partial charge < -0.3 is 10.3 Å². The molecule has 0 aliphatic carbocycles. The molecule has 2 rings (SSSR count). The number of nitrogens with zero attached hydrogens (tertiary/aromatic N) is 4. The summed E-state index contributed by atoms with van der Waals surface area (Å²) in [7, 11) is 1.85. The Balaban J connectivity index is 2.08. The smallest absolute Gasteiger partial charge is 0.269 e. The SMILES string of the molecule is Cn1c(CN)nnc1SCc1cccc([N+](=O)[O-])c1. The highest BCUT2D eigenvalue weighted by atomic mass is 32.2. The van der Waals surface area contributed by atoms with Gasteiger partial charge in [0.2, 0.25) is 0 Å². The first-order valence-corrected chi connectivity index (χ1v) is 6.55. The maximum atomic E-state index is 10.7. The van der Waals surface area contributed by atoms with Crippen molar-refractivity contribution < 1.29 is 4.92 Å². The second-order valence-corrected chi connectivity index (χ2v) is 4.82. The molecule has 1 heterocycles. The van der Waals surface area contributed by atoms with Crippen LogP contribution in [0.2, 0.25) is 0 Å². The zero-order chi connectivity index (χ0) is 13.8. The van der Waals surface area contributed by atoms with Crippen LogP contribution in [0.15, 0.2) is 29.4 Å². The Morgan fingerprint density at radius 2 is 2.26 bits per heavy atom. The molecule has 0 fully saturated rings. The van der Waals surface area contributed by atoms with Crippen molar-refractivity contribution in [3.05, 3.63) is 45.8 Å². The van der Waals surface area contributed by atoms with Crippen LogP contribution in [0.3, 0.4) is 0 Å². The highest BCUT2D eigenvalue weighted by Crippen LogP contribution is 2.23. The molecule has 0 aliphatic rings. The van der Waals surface area contributed by atoms with E-state index in [2.05, 4.69) is 10.2 Å². The highest BCUT2D eigenvalue weighted by Gasteiger charge is 2.09. The van der Waals surface area contributed by atoms with Crippen LogP contribution in [-0.4, -0.2) is 19.7 Å². The second-order valence-electron chi connectivity index (χ2n) is 3.88. The Labute approximate surface area is 114 Å². The van der Waals surface area contributed by atoms with E-state index in [1.807, 2.05) is 17.7 Å². The van der Waals surface area contributed by atoms with Gasteiger partial charge in [-0.25, -0.2) is 0 Å². The minimum atomic E-state index is -0.400. The minimum Gasteiger partial charge on any atom is -0.324 e. The molecule has 1 aromatic carbocycles. The number of nitro benzene ring substituents is 1. The number of aromatic nitrogens is 3. The van der Waals surface area contributed by atoms with Crippen LogP contribution >= 0.6 is 11.8 Å². The fourth-order valence-electron chi connectivity index (χ4n) is 1.56. The number of non-ortho nitro benzene ring substituents is 1. The molecule has 1 aromatic heterocycles. The van der Waals surface area contributed by atoms with Gasteiger partial charge in [-0.05, 0) is 5.56 Å². The van der Waals surface area contributed by atoms with Crippen molar-refractivity contribution in [3.8, 4) is 0 Å². The molecular formula is C11H13N5O2S. The van der Waals surface area contributed by atoms with E-state index in [9.17, 15) is 10.1 Å². The molecule has 7 nitrogen and oxygen atoms in total. The van der Waals surface area contributed by atoms with E-state index < -0.39 is 4.92 Å². The summed E-state index contributed by atoms with van der Waals surface area (Å²) in [5.41, 5.74) is 6.48. The Morgan fingerprint density at radius 3 is 2.89 bits per heavy atom. The lowest BCUT2D eigenvalue weighted by atomic mass is 10.2. The summed E-state index contributed by atoms with van der Waals surface area (Å²) in [6, 6.07) is 6.56. The Kier molecular flexibility index (Phi) is 4.13. The largest absolute Gasteiger partial charge is 0.324 e. The van der Waals surface area contributed by atoms with Gasteiger partial charge in [0.25, 0.3) is 5.69 Å². The van der Waals surface area contributed by atoms with Crippen molar-refractivity contribution in [1.82, 2.24) is 14.8 Å². The maximum absolute atomic E-state index is 10.7. The predicted octanol–water partition coefficient (Wildman–Crippen LogP) is 1.47. The van der Waals surface area contributed by atoms with Crippen molar-refractivity contribution >= 4 is 17.4 Å². The Morgan fingerprint density at radius 1 is 1.47 bits per heavy atom. The third-order valence-corrected chi connectivity index (χ3v) is 3.69. The molecule has 0 saturated heterocycles. The first-order chi connectivity index (χ1) is 9.11. The quantitative estimate of drug-likeness (QED) is 0.505. The topological polar surface area (TPSA) is 99.9 Å². The number of hydrogen-bond acceptors (Lipinski definition) is 6. The lowest BCUT2D eigenvalue weighted by Crippen LogP contribution is -2.05. The summed E-state index contributed by atoms with van der Waals surface area (Å²) in [5, 5.41) is 19.4. The average molecular weight is 279 g/mol. The summed E-state index contributed by atoms with van der Waals surface area (Å²) in [4.78, 5) is 10.3. The molecule has 0 radical (unpaired) electrons. The summed E-state index contributed by atoms with van der Waals surface area (Å²) in [6.45, 7) is 0.334. The molecule has 100 valence electrons. The van der Waals surface area contributed by atoms with Gasteiger partial charge in [-0.1, -0.05) is 23.9 Å². The summed E-state index contributed by atoms with van der Waals surface area (Å²) in [6.07, 6.45) is 0. The van der Waals surface area contributed by atoms with Gasteiger partial charge in [0, 0.05) is 24.9 Å². The first kappa shape index (κ1) is 13.5. The van der Waals surface area contributed by atoms with E-state index in [1.54, 1.807) is 12.1 Å². The molecule has 0 atom stereocenters. The van der Waals surface area contributed by atoms with E-state index >= 15 is 0 Å². The average Bonchev–Trinajstić information content (AvgIpc) is 2.77. The van der Waals surface area contributed by atoms with Gasteiger partial charge in [0.05, 0.1) is 11.5 Å². The normalized spacial score (nSPS) is 10.6. The van der Waals surface area contributed by atoms with E-state index in [0.29, 0.717) is 18.1 Å². The zero-order valence-electron chi connectivity index (χ0n) is 10.3. The van der Waals surface area contributed by atoms with E-state index in [0.717, 1.165) is 10.7 Å². The highest BCUT2D eigenvalue weighted by molar-refractivity contribution is 7.98. The molecular weight excluding hydrogens is 266 g/mol. The van der Waals surface area contributed by atoms with Gasteiger partial charge in [0.15, 0.2) is 5.16 Å². The van der Waals surface area contributed by atoms with Gasteiger partial charge in [-0.2, -0.15) is 0 Å². The third-order valence-electron chi connectivity index (χ3n) is 2.60. The van der Waals surface area contributed by atoms with Crippen LogP contribution in [0.5, 0.6) is 0 Å². The molecule has 0 spiro atoms. The van der Waals surface area contributed by atoms with Crippen molar-refractivity contribution in [2.24, 2.45) is 12.8 Å². The van der Waals surface area contributed by atoms with Crippen molar-refractivity contribution in [1.29, 1.82) is 0 Å². The second kappa shape index (κ2) is 5.81. The summed E-state index contributed by atoms with van der Waals surface area (Å²) < 4.78 is 1.82. The van der Waals surface area contributed by atoms with Crippen molar-refractivity contribution in [3.63, 3.8) is 0 Å². The number of benzene rings is 1. The fourth-order valence-corrected chi connectivity index (χ4v) is 2.43. The Bertz CT molecular complexity index is 599. The van der Waals surface area contributed by atoms with Crippen molar-refractivity contribution in [2.45, 2.75) is 17.5 Å². The Hall–Kier alpha value is -1.93. The first-order valence-electron chi connectivity index (χ1n) is 5.56. The molecule has 19 heavy (non-hydrogen) atoms. The lowest BCUT2D eigenvalue weighted by molar-refractivity contribution is -0.384. The number of rotatable bonds is 5. The van der Waals surface area contributed by atoms with Crippen LogP contribution in [0.4, 0.5) is 5.69 Å². The number of nitro groups is 1. The molecule has 0 saturated carbocycles. The zero-order valence-corrected chi connectivity index (χ0v) is 11.1. The van der Waals surface area contributed by atoms with Crippen molar-refractivity contribution in [2.75, 3.05) is 0 Å². The number of nitrogens with two attached hydrogens (primary N) is 1. The molecule has 0 amide bonds. The van der Waals surface area contributed by atoms with Crippen LogP contribution in [-0.2, 0) is 19.3 Å². The number of hydrogen-bond donors (Lipinski definition) is 1. The van der Waals surface area contributed by atoms with E-state index in [4.69, 9.17) is 5.73 Å². The standard InChI is InChI=1S/C11H13N5O2S/c1-15-10(6-12)13-14-11(15)19-7-8-3-2-4-9(5-8)16(17)18/h2-5H,6-7,12H2,1H3.